The van der Waals surface area contributed by atoms with Gasteiger partial charge in [-0.3, -0.25) is 14.5 Å². The van der Waals surface area contributed by atoms with Gasteiger partial charge >= 0.3 is 0 Å². The lowest BCUT2D eigenvalue weighted by atomic mass is 9.63. The predicted molar refractivity (Wildman–Crippen MR) is 75.7 cm³/mol. The van der Waals surface area contributed by atoms with E-state index in [1.807, 2.05) is 0 Å². The zero-order valence-corrected chi connectivity index (χ0v) is 11.0. The highest BCUT2D eigenvalue weighted by atomic mass is 16.2. The summed E-state index contributed by atoms with van der Waals surface area (Å²) in [6.07, 6.45) is 6.31. The lowest BCUT2D eigenvalue weighted by molar-refractivity contribution is -0.124. The predicted octanol–water partition coefficient (Wildman–Crippen LogP) is 1.97. The smallest absolute Gasteiger partial charge is 0.238 e. The number of rotatable bonds is 1. The van der Waals surface area contributed by atoms with E-state index < -0.39 is 0 Å². The summed E-state index contributed by atoms with van der Waals surface area (Å²) < 4.78 is 0. The molecule has 0 unspecified atom stereocenters. The van der Waals surface area contributed by atoms with E-state index in [9.17, 15) is 9.59 Å². The molecule has 2 fully saturated rings. The molecule has 1 aromatic rings. The van der Waals surface area contributed by atoms with E-state index in [0.717, 1.165) is 12.8 Å². The van der Waals surface area contributed by atoms with E-state index >= 15 is 0 Å². The van der Waals surface area contributed by atoms with E-state index in [0.29, 0.717) is 11.4 Å². The highest BCUT2D eigenvalue weighted by Crippen LogP contribution is 2.50. The maximum atomic E-state index is 12.7. The second-order valence-electron chi connectivity index (χ2n) is 5.94. The quantitative estimate of drug-likeness (QED) is 0.481. The molecule has 1 heterocycles. The van der Waals surface area contributed by atoms with Crippen LogP contribution in [0.1, 0.15) is 12.8 Å². The molecule has 0 radical (unpaired) electrons. The van der Waals surface area contributed by atoms with Crippen molar-refractivity contribution in [3.63, 3.8) is 0 Å². The minimum absolute atomic E-state index is 0.0381. The van der Waals surface area contributed by atoms with Crippen molar-refractivity contribution in [2.24, 2.45) is 23.7 Å². The van der Waals surface area contributed by atoms with Gasteiger partial charge in [-0.25, -0.2) is 0 Å². The van der Waals surface area contributed by atoms with Gasteiger partial charge in [0.1, 0.15) is 0 Å². The Morgan fingerprint density at radius 3 is 1.85 bits per heavy atom. The van der Waals surface area contributed by atoms with Crippen LogP contribution in [0.2, 0.25) is 0 Å². The number of carbonyl (C=O) groups excluding carboxylic acids is 2. The molecule has 102 valence electrons. The standard InChI is InChI=1S/C16H16N2O2/c17-11-5-7-12(8-6-11)18-15(19)13-9-1-2-10(4-3-9)14(13)16(18)20/h1-2,5-10,13-14H,3-4,17H2/t9-,10+,13-,14+. The topological polar surface area (TPSA) is 63.4 Å². The second kappa shape index (κ2) is 3.95. The minimum atomic E-state index is -0.149. The summed E-state index contributed by atoms with van der Waals surface area (Å²) in [5, 5.41) is 0. The molecule has 4 nitrogen and oxygen atoms in total. The van der Waals surface area contributed by atoms with Crippen molar-refractivity contribution >= 4 is 23.2 Å². The molecule has 20 heavy (non-hydrogen) atoms. The first-order valence-electron chi connectivity index (χ1n) is 7.08. The van der Waals surface area contributed by atoms with Crippen molar-refractivity contribution in [3.8, 4) is 0 Å². The van der Waals surface area contributed by atoms with E-state index in [1.165, 1.54) is 4.90 Å². The number of allylic oxidation sites excluding steroid dienone is 2. The van der Waals surface area contributed by atoms with Gasteiger partial charge in [0.25, 0.3) is 0 Å². The van der Waals surface area contributed by atoms with Crippen LogP contribution >= 0.6 is 0 Å². The number of amides is 2. The van der Waals surface area contributed by atoms with Crippen molar-refractivity contribution in [3.05, 3.63) is 36.4 Å². The average Bonchev–Trinajstić information content (AvgIpc) is 2.76. The largest absolute Gasteiger partial charge is 0.399 e. The molecule has 1 aliphatic heterocycles. The number of hydrogen-bond donors (Lipinski definition) is 1. The van der Waals surface area contributed by atoms with Crippen molar-refractivity contribution in [1.29, 1.82) is 0 Å². The number of carbonyl (C=O) groups is 2. The molecule has 2 bridgehead atoms. The number of nitrogen functional groups attached to an aromatic ring is 1. The third kappa shape index (κ3) is 1.42. The van der Waals surface area contributed by atoms with E-state index in [1.54, 1.807) is 24.3 Å². The first kappa shape index (κ1) is 11.7. The molecular formula is C16H16N2O2. The molecule has 2 amide bonds. The molecule has 5 rings (SSSR count). The summed E-state index contributed by atoms with van der Waals surface area (Å²) in [6.45, 7) is 0. The molecule has 0 aromatic heterocycles. The summed E-state index contributed by atoms with van der Waals surface area (Å²) in [4.78, 5) is 26.7. The van der Waals surface area contributed by atoms with Gasteiger partial charge in [-0.2, -0.15) is 0 Å². The Morgan fingerprint density at radius 2 is 1.40 bits per heavy atom. The van der Waals surface area contributed by atoms with Gasteiger partial charge in [0.05, 0.1) is 17.5 Å². The maximum absolute atomic E-state index is 12.7. The molecule has 0 spiro atoms. The van der Waals surface area contributed by atoms with E-state index in [2.05, 4.69) is 12.2 Å². The summed E-state index contributed by atoms with van der Waals surface area (Å²) in [7, 11) is 0. The molecule has 1 aromatic carbocycles. The third-order valence-electron chi connectivity index (χ3n) is 4.91. The highest BCUT2D eigenvalue weighted by molar-refractivity contribution is 6.22. The summed E-state index contributed by atoms with van der Waals surface area (Å²) >= 11 is 0. The molecule has 1 saturated heterocycles. The average molecular weight is 268 g/mol. The van der Waals surface area contributed by atoms with E-state index in [4.69, 9.17) is 5.73 Å². The lowest BCUT2D eigenvalue weighted by Gasteiger charge is -2.38. The van der Waals surface area contributed by atoms with Crippen LogP contribution in [-0.4, -0.2) is 11.8 Å². The van der Waals surface area contributed by atoms with Crippen molar-refractivity contribution < 1.29 is 9.59 Å². The summed E-state index contributed by atoms with van der Waals surface area (Å²) in [5.41, 5.74) is 6.94. The Hall–Kier alpha value is -2.10. The first-order chi connectivity index (χ1) is 9.66. The van der Waals surface area contributed by atoms with Crippen LogP contribution in [0.4, 0.5) is 11.4 Å². The number of hydrogen-bond acceptors (Lipinski definition) is 3. The minimum Gasteiger partial charge on any atom is -0.399 e. The lowest BCUT2D eigenvalue weighted by Crippen LogP contribution is -2.38. The van der Waals surface area contributed by atoms with Crippen molar-refractivity contribution in [1.82, 2.24) is 0 Å². The molecule has 2 N–H and O–H groups in total. The molecule has 4 atom stereocenters. The number of benzene rings is 1. The number of anilines is 2. The Labute approximate surface area is 117 Å². The molecular weight excluding hydrogens is 252 g/mol. The number of nitrogens with two attached hydrogens (primary N) is 1. The summed E-state index contributed by atoms with van der Waals surface area (Å²) in [5.74, 6) is 0.0979. The first-order valence-corrected chi connectivity index (χ1v) is 7.08. The fourth-order valence-corrected chi connectivity index (χ4v) is 3.95. The number of nitrogens with zero attached hydrogens (tertiary/aromatic N) is 1. The van der Waals surface area contributed by atoms with Gasteiger partial charge in [0.2, 0.25) is 11.8 Å². The fourth-order valence-electron chi connectivity index (χ4n) is 3.95. The maximum Gasteiger partial charge on any atom is 0.238 e. The van der Waals surface area contributed by atoms with Crippen molar-refractivity contribution in [2.75, 3.05) is 10.6 Å². The summed E-state index contributed by atoms with van der Waals surface area (Å²) in [6, 6.07) is 6.95. The van der Waals surface area contributed by atoms with Gasteiger partial charge in [0, 0.05) is 5.69 Å². The van der Waals surface area contributed by atoms with Gasteiger partial charge < -0.3 is 5.73 Å². The van der Waals surface area contributed by atoms with Crippen LogP contribution in [0.25, 0.3) is 0 Å². The van der Waals surface area contributed by atoms with Gasteiger partial charge in [0.15, 0.2) is 0 Å². The van der Waals surface area contributed by atoms with Crippen LogP contribution in [0.15, 0.2) is 36.4 Å². The second-order valence-corrected chi connectivity index (χ2v) is 5.94. The highest BCUT2D eigenvalue weighted by Gasteiger charge is 2.56. The Morgan fingerprint density at radius 1 is 0.900 bits per heavy atom. The molecule has 4 heteroatoms. The molecule has 3 aliphatic carbocycles. The van der Waals surface area contributed by atoms with Crippen LogP contribution in [-0.2, 0) is 9.59 Å². The van der Waals surface area contributed by atoms with Crippen molar-refractivity contribution in [2.45, 2.75) is 12.8 Å². The van der Waals surface area contributed by atoms with E-state index in [-0.39, 0.29) is 35.5 Å². The van der Waals surface area contributed by atoms with Crippen LogP contribution in [0, 0.1) is 23.7 Å². The zero-order valence-electron chi connectivity index (χ0n) is 11.0. The Bertz CT molecular complexity index is 588. The SMILES string of the molecule is Nc1ccc(N2C(=O)[C@@H]3[C@H](C2=O)[C@@H]2C=C[C@H]3CC2)cc1. The van der Waals surface area contributed by atoms with Gasteiger partial charge in [-0.1, -0.05) is 12.2 Å². The zero-order chi connectivity index (χ0) is 13.9. The number of fused-ring (bicyclic) bond motifs is 1. The molecule has 1 saturated carbocycles. The van der Waals surface area contributed by atoms with Crippen LogP contribution < -0.4 is 10.6 Å². The fraction of sp³-hybridized carbons (Fsp3) is 0.375. The van der Waals surface area contributed by atoms with Crippen LogP contribution in [0.3, 0.4) is 0 Å². The Kier molecular flexibility index (Phi) is 2.31. The van der Waals surface area contributed by atoms with Crippen LogP contribution in [0.5, 0.6) is 0 Å². The number of imide groups is 1. The molecule has 4 aliphatic rings. The Balaban J connectivity index is 1.75. The normalized spacial score (nSPS) is 34.7. The van der Waals surface area contributed by atoms with Gasteiger partial charge in [-0.05, 0) is 48.9 Å². The van der Waals surface area contributed by atoms with Gasteiger partial charge in [-0.15, -0.1) is 0 Å². The monoisotopic (exact) mass is 268 g/mol. The third-order valence-corrected chi connectivity index (χ3v) is 4.91.